The normalized spacial score (nSPS) is 12.2. The van der Waals surface area contributed by atoms with Crippen LogP contribution in [-0.4, -0.2) is 52.3 Å². The summed E-state index contributed by atoms with van der Waals surface area (Å²) in [6.45, 7) is 0.975. The summed E-state index contributed by atoms with van der Waals surface area (Å²) in [7, 11) is 7.21. The van der Waals surface area contributed by atoms with E-state index < -0.39 is 0 Å². The average Bonchev–Trinajstić information content (AvgIpc) is 2.45. The van der Waals surface area contributed by atoms with Gasteiger partial charge in [-0.15, -0.1) is 0 Å². The van der Waals surface area contributed by atoms with Crippen molar-refractivity contribution in [3.8, 4) is 5.75 Å². The molecule has 0 aliphatic heterocycles. The van der Waals surface area contributed by atoms with Gasteiger partial charge in [0.1, 0.15) is 5.75 Å². The predicted octanol–water partition coefficient (Wildman–Crippen LogP) is 1.45. The van der Waals surface area contributed by atoms with Crippen molar-refractivity contribution in [1.82, 2.24) is 10.2 Å². The number of carbonyl (C=O) groups is 1. The highest BCUT2D eigenvalue weighted by atomic mass is 16.5. The minimum atomic E-state index is -0.00593. The fraction of sp³-hybridized carbons (Fsp3) is 0.533. The van der Waals surface area contributed by atoms with Crippen LogP contribution in [0.3, 0.4) is 0 Å². The Labute approximate surface area is 120 Å². The smallest absolute Gasteiger partial charge is 0.222 e. The zero-order chi connectivity index (χ0) is 15.0. The van der Waals surface area contributed by atoms with Gasteiger partial charge in [0.25, 0.3) is 0 Å². The van der Waals surface area contributed by atoms with Crippen molar-refractivity contribution in [2.45, 2.75) is 12.5 Å². The second-order valence-electron chi connectivity index (χ2n) is 4.77. The van der Waals surface area contributed by atoms with Crippen molar-refractivity contribution >= 4 is 5.91 Å². The third-order valence-corrected chi connectivity index (χ3v) is 3.15. The summed E-state index contributed by atoms with van der Waals surface area (Å²) in [5.41, 5.74) is 1.06. The van der Waals surface area contributed by atoms with E-state index in [-0.39, 0.29) is 11.9 Å². The van der Waals surface area contributed by atoms with Crippen molar-refractivity contribution < 1.29 is 14.3 Å². The Morgan fingerprint density at radius 1 is 1.30 bits per heavy atom. The number of nitrogens with zero attached hydrogens (tertiary/aromatic N) is 1. The third kappa shape index (κ3) is 4.83. The van der Waals surface area contributed by atoms with Crippen LogP contribution in [0.15, 0.2) is 24.3 Å². The van der Waals surface area contributed by atoms with Crippen LogP contribution in [0.4, 0.5) is 0 Å². The molecule has 0 heterocycles. The molecule has 0 aliphatic carbocycles. The highest BCUT2D eigenvalue weighted by Gasteiger charge is 2.18. The largest absolute Gasteiger partial charge is 0.496 e. The van der Waals surface area contributed by atoms with Crippen LogP contribution in [-0.2, 0) is 9.53 Å². The lowest BCUT2D eigenvalue weighted by molar-refractivity contribution is -0.122. The summed E-state index contributed by atoms with van der Waals surface area (Å²) in [6.07, 6.45) is 0.378. The van der Waals surface area contributed by atoms with Crippen molar-refractivity contribution in [3.63, 3.8) is 0 Å². The number of ether oxygens (including phenoxy) is 2. The van der Waals surface area contributed by atoms with E-state index in [1.165, 1.54) is 0 Å². The molecule has 0 saturated carbocycles. The zero-order valence-electron chi connectivity index (χ0n) is 12.7. The Morgan fingerprint density at radius 2 is 2.00 bits per heavy atom. The summed E-state index contributed by atoms with van der Waals surface area (Å²) < 4.78 is 10.3. The molecule has 0 fully saturated rings. The molecular formula is C15H24N2O3. The molecule has 1 atom stereocenters. The molecule has 5 heteroatoms. The molecule has 112 valence electrons. The Balaban J connectivity index is 2.72. The topological polar surface area (TPSA) is 50.8 Å². The number of hydrogen-bond donors (Lipinski definition) is 1. The fourth-order valence-corrected chi connectivity index (χ4v) is 2.01. The highest BCUT2D eigenvalue weighted by Crippen LogP contribution is 2.27. The van der Waals surface area contributed by atoms with Gasteiger partial charge in [-0.3, -0.25) is 4.79 Å². The molecule has 1 aromatic rings. The van der Waals surface area contributed by atoms with Crippen LogP contribution >= 0.6 is 0 Å². The summed E-state index contributed by atoms with van der Waals surface area (Å²) in [5.74, 6) is 0.825. The van der Waals surface area contributed by atoms with Crippen molar-refractivity contribution in [2.75, 3.05) is 41.5 Å². The van der Waals surface area contributed by atoms with Crippen LogP contribution in [0.5, 0.6) is 5.75 Å². The standard InChI is InChI=1S/C15H24N2O3/c1-17(2)13(11-16-15(18)9-10-19-3)12-7-5-6-8-14(12)20-4/h5-8,13H,9-11H2,1-4H3,(H,16,18). The Hall–Kier alpha value is -1.59. The first kappa shape index (κ1) is 16.5. The minimum Gasteiger partial charge on any atom is -0.496 e. The number of methoxy groups -OCH3 is 2. The summed E-state index contributed by atoms with van der Waals surface area (Å²) in [4.78, 5) is 13.7. The molecule has 1 rings (SSSR count). The minimum absolute atomic E-state index is 0.00593. The number of rotatable bonds is 8. The molecule has 1 amide bonds. The monoisotopic (exact) mass is 280 g/mol. The van der Waals surface area contributed by atoms with E-state index in [1.54, 1.807) is 14.2 Å². The number of carbonyl (C=O) groups excluding carboxylic acids is 1. The maximum Gasteiger partial charge on any atom is 0.222 e. The van der Waals surface area contributed by atoms with Crippen molar-refractivity contribution in [2.24, 2.45) is 0 Å². The average molecular weight is 280 g/mol. The van der Waals surface area contributed by atoms with E-state index in [4.69, 9.17) is 9.47 Å². The molecule has 0 saturated heterocycles. The van der Waals surface area contributed by atoms with Gasteiger partial charge in [-0.05, 0) is 20.2 Å². The zero-order valence-corrected chi connectivity index (χ0v) is 12.7. The van der Waals surface area contributed by atoms with E-state index in [0.29, 0.717) is 19.6 Å². The van der Waals surface area contributed by atoms with Crippen molar-refractivity contribution in [1.29, 1.82) is 0 Å². The predicted molar refractivity (Wildman–Crippen MR) is 78.9 cm³/mol. The number of para-hydroxylation sites is 1. The summed E-state index contributed by atoms with van der Waals surface area (Å²) in [5, 5.41) is 2.93. The number of hydrogen-bond acceptors (Lipinski definition) is 4. The maximum absolute atomic E-state index is 11.7. The van der Waals surface area contributed by atoms with Gasteiger partial charge in [0.15, 0.2) is 0 Å². The third-order valence-electron chi connectivity index (χ3n) is 3.15. The first-order chi connectivity index (χ1) is 9.60. The molecular weight excluding hydrogens is 256 g/mol. The second kappa shape index (κ2) is 8.55. The molecule has 20 heavy (non-hydrogen) atoms. The Bertz CT molecular complexity index is 421. The van der Waals surface area contributed by atoms with Gasteiger partial charge in [0, 0.05) is 25.6 Å². The molecule has 5 nitrogen and oxygen atoms in total. The quantitative estimate of drug-likeness (QED) is 0.783. The maximum atomic E-state index is 11.7. The molecule has 0 radical (unpaired) electrons. The van der Waals surface area contributed by atoms with E-state index in [0.717, 1.165) is 11.3 Å². The SMILES string of the molecule is COCCC(=O)NCC(c1ccccc1OC)N(C)C. The Morgan fingerprint density at radius 3 is 2.60 bits per heavy atom. The first-order valence-corrected chi connectivity index (χ1v) is 6.65. The molecule has 0 aliphatic rings. The van der Waals surface area contributed by atoms with Crippen LogP contribution in [0.2, 0.25) is 0 Å². The van der Waals surface area contributed by atoms with Crippen molar-refractivity contribution in [3.05, 3.63) is 29.8 Å². The molecule has 0 spiro atoms. The van der Waals surface area contributed by atoms with Gasteiger partial charge < -0.3 is 19.7 Å². The second-order valence-corrected chi connectivity index (χ2v) is 4.77. The van der Waals surface area contributed by atoms with Gasteiger partial charge in [-0.1, -0.05) is 18.2 Å². The van der Waals surface area contributed by atoms with Gasteiger partial charge in [0.05, 0.1) is 19.8 Å². The van der Waals surface area contributed by atoms with Crippen LogP contribution in [0, 0.1) is 0 Å². The van der Waals surface area contributed by atoms with Gasteiger partial charge in [-0.2, -0.15) is 0 Å². The van der Waals surface area contributed by atoms with E-state index in [9.17, 15) is 4.79 Å². The van der Waals surface area contributed by atoms with Gasteiger partial charge >= 0.3 is 0 Å². The fourth-order valence-electron chi connectivity index (χ4n) is 2.01. The summed E-state index contributed by atoms with van der Waals surface area (Å²) >= 11 is 0. The molecule has 0 bridgehead atoms. The lowest BCUT2D eigenvalue weighted by atomic mass is 10.0. The highest BCUT2D eigenvalue weighted by molar-refractivity contribution is 5.76. The lowest BCUT2D eigenvalue weighted by Gasteiger charge is -2.26. The van der Waals surface area contributed by atoms with E-state index in [1.807, 2.05) is 38.4 Å². The lowest BCUT2D eigenvalue weighted by Crippen LogP contribution is -2.35. The van der Waals surface area contributed by atoms with Crippen LogP contribution in [0.1, 0.15) is 18.0 Å². The molecule has 0 aromatic heterocycles. The van der Waals surface area contributed by atoms with Gasteiger partial charge in [-0.25, -0.2) is 0 Å². The number of amides is 1. The Kier molecular flexibility index (Phi) is 7.04. The molecule has 1 N–H and O–H groups in total. The summed E-state index contributed by atoms with van der Waals surface area (Å²) in [6, 6.07) is 7.93. The van der Waals surface area contributed by atoms with Crippen LogP contribution in [0.25, 0.3) is 0 Å². The van der Waals surface area contributed by atoms with Gasteiger partial charge in [0.2, 0.25) is 5.91 Å². The number of likely N-dealkylation sites (N-methyl/N-ethyl adjacent to an activating group) is 1. The molecule has 1 aromatic carbocycles. The van der Waals surface area contributed by atoms with E-state index in [2.05, 4.69) is 10.2 Å². The molecule has 1 unspecified atom stereocenters. The number of nitrogens with one attached hydrogen (secondary N) is 1. The first-order valence-electron chi connectivity index (χ1n) is 6.65. The number of benzene rings is 1. The van der Waals surface area contributed by atoms with E-state index >= 15 is 0 Å². The van der Waals surface area contributed by atoms with Crippen LogP contribution < -0.4 is 10.1 Å².